The van der Waals surface area contributed by atoms with Gasteiger partial charge in [-0.1, -0.05) is 0 Å². The molecule has 0 fully saturated rings. The van der Waals surface area contributed by atoms with Crippen molar-refractivity contribution in [3.63, 3.8) is 0 Å². The van der Waals surface area contributed by atoms with E-state index in [1.807, 2.05) is 0 Å². The topological polar surface area (TPSA) is 47.9 Å². The van der Waals surface area contributed by atoms with Crippen LogP contribution >= 0.6 is 0 Å². The van der Waals surface area contributed by atoms with E-state index in [2.05, 4.69) is 0 Å². The predicted molar refractivity (Wildman–Crippen MR) is 47.7 cm³/mol. The van der Waals surface area contributed by atoms with Gasteiger partial charge in [0.05, 0.1) is 39.6 Å². The molecule has 70 valence electrons. The Morgan fingerprint density at radius 2 is 1.42 bits per heavy atom. The standard InChI is InChI=1S/C7H16O4.Na.H/c1-9-4-5-11-7-6-10-3-2-8;;/h8H,2-7H2,1H3;;. The molecule has 1 N–H and O–H groups in total. The van der Waals surface area contributed by atoms with E-state index in [4.69, 9.17) is 19.3 Å². The van der Waals surface area contributed by atoms with Crippen molar-refractivity contribution in [3.8, 4) is 0 Å². The molecule has 0 saturated carbocycles. The summed E-state index contributed by atoms with van der Waals surface area (Å²) in [5, 5.41) is 8.32. The number of hydrogen-bond donors (Lipinski definition) is 1. The zero-order valence-corrected chi connectivity index (χ0v) is 6.91. The molecule has 5 heteroatoms. The normalized spacial score (nSPS) is 9.50. The molecule has 0 aromatic carbocycles. The average molecular weight is 188 g/mol. The number of rotatable bonds is 8. The third-order valence-corrected chi connectivity index (χ3v) is 1.04. The second-order valence-corrected chi connectivity index (χ2v) is 1.94. The van der Waals surface area contributed by atoms with Crippen LogP contribution in [0.1, 0.15) is 0 Å². The summed E-state index contributed by atoms with van der Waals surface area (Å²) in [6, 6.07) is 0. The minimum atomic E-state index is 0. The first kappa shape index (κ1) is 15.3. The van der Waals surface area contributed by atoms with Crippen molar-refractivity contribution in [3.05, 3.63) is 0 Å². The third kappa shape index (κ3) is 13.4. The molecule has 0 aromatic rings. The molecule has 0 unspecified atom stereocenters. The van der Waals surface area contributed by atoms with Crippen LogP contribution in [-0.2, 0) is 14.2 Å². The van der Waals surface area contributed by atoms with Gasteiger partial charge >= 0.3 is 29.6 Å². The van der Waals surface area contributed by atoms with Crippen LogP contribution in [0.4, 0.5) is 0 Å². The molecule has 0 radical (unpaired) electrons. The van der Waals surface area contributed by atoms with Gasteiger partial charge in [0.25, 0.3) is 0 Å². The Kier molecular flexibility index (Phi) is 18.3. The molecule has 0 amide bonds. The first-order valence-electron chi connectivity index (χ1n) is 3.67. The SMILES string of the molecule is COCCOCCOCCO.[NaH]. The van der Waals surface area contributed by atoms with Gasteiger partial charge in [0.15, 0.2) is 0 Å². The van der Waals surface area contributed by atoms with E-state index in [1.54, 1.807) is 7.11 Å². The molecular weight excluding hydrogens is 171 g/mol. The first-order chi connectivity index (χ1) is 5.41. The van der Waals surface area contributed by atoms with Crippen LogP contribution < -0.4 is 0 Å². The summed E-state index contributed by atoms with van der Waals surface area (Å²) < 4.78 is 14.8. The molecule has 0 saturated heterocycles. The van der Waals surface area contributed by atoms with Crippen molar-refractivity contribution in [2.45, 2.75) is 0 Å². The fourth-order valence-electron chi connectivity index (χ4n) is 0.529. The fraction of sp³-hybridized carbons (Fsp3) is 1.00. The van der Waals surface area contributed by atoms with Crippen molar-refractivity contribution in [1.82, 2.24) is 0 Å². The first-order valence-corrected chi connectivity index (χ1v) is 3.67. The Hall–Kier alpha value is 0.840. The molecule has 4 nitrogen and oxygen atoms in total. The molecule has 0 aromatic heterocycles. The third-order valence-electron chi connectivity index (χ3n) is 1.04. The monoisotopic (exact) mass is 188 g/mol. The quantitative estimate of drug-likeness (QED) is 0.392. The number of aliphatic hydroxyl groups excluding tert-OH is 1. The predicted octanol–water partition coefficient (Wildman–Crippen LogP) is -0.990. The number of hydrogen-bond acceptors (Lipinski definition) is 4. The molecule has 0 spiro atoms. The van der Waals surface area contributed by atoms with Gasteiger partial charge < -0.3 is 19.3 Å². The van der Waals surface area contributed by atoms with Crippen molar-refractivity contribution >= 4 is 29.6 Å². The Morgan fingerprint density at radius 3 is 1.92 bits per heavy atom. The van der Waals surface area contributed by atoms with Crippen molar-refractivity contribution < 1.29 is 19.3 Å². The summed E-state index contributed by atoms with van der Waals surface area (Å²) in [5.74, 6) is 0. The van der Waals surface area contributed by atoms with Gasteiger partial charge in [-0.05, 0) is 0 Å². The molecule has 0 aliphatic rings. The summed E-state index contributed by atoms with van der Waals surface area (Å²) in [6.45, 7) is 2.75. The minimum absolute atomic E-state index is 0. The Morgan fingerprint density at radius 1 is 0.917 bits per heavy atom. The maximum absolute atomic E-state index is 8.32. The van der Waals surface area contributed by atoms with Crippen molar-refractivity contribution in [1.29, 1.82) is 0 Å². The summed E-state index contributed by atoms with van der Waals surface area (Å²) in [5.41, 5.74) is 0. The van der Waals surface area contributed by atoms with Crippen LogP contribution in [0, 0.1) is 0 Å². The second-order valence-electron chi connectivity index (χ2n) is 1.94. The van der Waals surface area contributed by atoms with Gasteiger partial charge in [0.2, 0.25) is 0 Å². The summed E-state index contributed by atoms with van der Waals surface area (Å²) in [7, 11) is 1.63. The summed E-state index contributed by atoms with van der Waals surface area (Å²) in [4.78, 5) is 0. The van der Waals surface area contributed by atoms with E-state index in [0.29, 0.717) is 33.0 Å². The van der Waals surface area contributed by atoms with Crippen LogP contribution in [0.15, 0.2) is 0 Å². The Bertz CT molecular complexity index is 64.4. The van der Waals surface area contributed by atoms with Crippen LogP contribution in [0.2, 0.25) is 0 Å². The fourth-order valence-corrected chi connectivity index (χ4v) is 0.529. The van der Waals surface area contributed by atoms with E-state index < -0.39 is 0 Å². The summed E-state index contributed by atoms with van der Waals surface area (Å²) in [6.07, 6.45) is 0. The molecule has 0 atom stereocenters. The molecule has 0 rings (SSSR count). The molecule has 0 aliphatic carbocycles. The van der Waals surface area contributed by atoms with E-state index in [1.165, 1.54) is 0 Å². The second kappa shape index (κ2) is 14.4. The van der Waals surface area contributed by atoms with Gasteiger partial charge in [-0.25, -0.2) is 0 Å². The molecule has 0 bridgehead atoms. The van der Waals surface area contributed by atoms with Gasteiger partial charge in [-0.2, -0.15) is 0 Å². The average Bonchev–Trinajstić information content (AvgIpc) is 2.03. The maximum atomic E-state index is 8.32. The number of methoxy groups -OCH3 is 1. The summed E-state index contributed by atoms with van der Waals surface area (Å²) >= 11 is 0. The number of aliphatic hydroxyl groups is 1. The Labute approximate surface area is 95.5 Å². The van der Waals surface area contributed by atoms with Crippen molar-refractivity contribution in [2.24, 2.45) is 0 Å². The molecular formula is C7H17NaO4. The van der Waals surface area contributed by atoms with E-state index in [9.17, 15) is 0 Å². The zero-order valence-electron chi connectivity index (χ0n) is 6.91. The van der Waals surface area contributed by atoms with Crippen LogP contribution in [-0.4, -0.2) is 81.4 Å². The Balaban J connectivity index is 0. The van der Waals surface area contributed by atoms with Gasteiger partial charge in [0.1, 0.15) is 0 Å². The van der Waals surface area contributed by atoms with Gasteiger partial charge in [-0.15, -0.1) is 0 Å². The van der Waals surface area contributed by atoms with E-state index in [0.717, 1.165) is 0 Å². The van der Waals surface area contributed by atoms with E-state index >= 15 is 0 Å². The van der Waals surface area contributed by atoms with E-state index in [-0.39, 0.29) is 36.2 Å². The van der Waals surface area contributed by atoms with Crippen LogP contribution in [0.5, 0.6) is 0 Å². The molecule has 0 aliphatic heterocycles. The van der Waals surface area contributed by atoms with Gasteiger partial charge in [0, 0.05) is 7.11 Å². The molecule has 12 heavy (non-hydrogen) atoms. The van der Waals surface area contributed by atoms with Crippen LogP contribution in [0.25, 0.3) is 0 Å². The van der Waals surface area contributed by atoms with Crippen LogP contribution in [0.3, 0.4) is 0 Å². The van der Waals surface area contributed by atoms with Crippen molar-refractivity contribution in [2.75, 3.05) is 46.8 Å². The molecule has 0 heterocycles. The number of ether oxygens (including phenoxy) is 3. The zero-order chi connectivity index (χ0) is 8.36. The van der Waals surface area contributed by atoms with Gasteiger partial charge in [-0.3, -0.25) is 0 Å².